The minimum atomic E-state index is -0.277. The van der Waals surface area contributed by atoms with Crippen LogP contribution in [-0.2, 0) is 20.9 Å². The standard InChI is InChI=1S/C18H18ClN3O3S/c19-17-15(20-21-26-17)12-25-18(24)14-8-10-22(11-9-14)16(23)7-6-13-4-2-1-3-5-13/h1-7,14H,8-12H2/b7-6+. The third-order valence-corrected chi connectivity index (χ3v) is 5.20. The van der Waals surface area contributed by atoms with Crippen molar-refractivity contribution in [2.75, 3.05) is 13.1 Å². The number of esters is 1. The number of carbonyl (C=O) groups excluding carboxylic acids is 2. The van der Waals surface area contributed by atoms with Crippen molar-refractivity contribution >= 4 is 41.1 Å². The molecular weight excluding hydrogens is 374 g/mol. The molecule has 0 radical (unpaired) electrons. The van der Waals surface area contributed by atoms with Crippen LogP contribution < -0.4 is 0 Å². The molecule has 0 bridgehead atoms. The third-order valence-electron chi connectivity index (χ3n) is 4.22. The number of piperidine rings is 1. The number of rotatable bonds is 5. The second kappa shape index (κ2) is 8.91. The molecule has 6 nitrogen and oxygen atoms in total. The smallest absolute Gasteiger partial charge is 0.309 e. The van der Waals surface area contributed by atoms with Gasteiger partial charge in [0.1, 0.15) is 16.6 Å². The van der Waals surface area contributed by atoms with E-state index in [0.717, 1.165) is 17.1 Å². The van der Waals surface area contributed by atoms with E-state index in [1.807, 2.05) is 30.3 Å². The SMILES string of the molecule is O=C(OCc1nnsc1Cl)C1CCN(C(=O)/C=C/c2ccccc2)CC1. The molecular formula is C18H18ClN3O3S. The van der Waals surface area contributed by atoms with Crippen LogP contribution in [-0.4, -0.2) is 39.5 Å². The van der Waals surface area contributed by atoms with Crippen LogP contribution in [0.4, 0.5) is 0 Å². The molecule has 136 valence electrons. The molecule has 0 atom stereocenters. The molecule has 0 N–H and O–H groups in total. The summed E-state index contributed by atoms with van der Waals surface area (Å²) in [5, 5.41) is 3.81. The summed E-state index contributed by atoms with van der Waals surface area (Å²) in [4.78, 5) is 26.2. The first-order valence-corrected chi connectivity index (χ1v) is 9.44. The number of nitrogens with zero attached hydrogens (tertiary/aromatic N) is 3. The number of hydrogen-bond donors (Lipinski definition) is 0. The van der Waals surface area contributed by atoms with Crippen LogP contribution in [0.15, 0.2) is 36.4 Å². The fourth-order valence-electron chi connectivity index (χ4n) is 2.71. The molecule has 3 rings (SSSR count). The molecule has 1 aromatic heterocycles. The molecule has 0 unspecified atom stereocenters. The van der Waals surface area contributed by atoms with E-state index >= 15 is 0 Å². The highest BCUT2D eigenvalue weighted by Crippen LogP contribution is 2.22. The van der Waals surface area contributed by atoms with Gasteiger partial charge in [-0.05, 0) is 24.5 Å². The van der Waals surface area contributed by atoms with Gasteiger partial charge in [-0.2, -0.15) is 0 Å². The normalized spacial score (nSPS) is 15.3. The molecule has 2 heterocycles. The van der Waals surface area contributed by atoms with Crippen molar-refractivity contribution < 1.29 is 14.3 Å². The van der Waals surface area contributed by atoms with Crippen LogP contribution in [0.2, 0.25) is 4.34 Å². The Balaban J connectivity index is 1.44. The second-order valence-corrected chi connectivity index (χ2v) is 7.30. The van der Waals surface area contributed by atoms with Crippen molar-refractivity contribution in [1.29, 1.82) is 0 Å². The number of aromatic nitrogens is 2. The Kier molecular flexibility index (Phi) is 6.35. The van der Waals surface area contributed by atoms with Crippen molar-refractivity contribution in [3.05, 3.63) is 52.0 Å². The summed E-state index contributed by atoms with van der Waals surface area (Å²) in [6, 6.07) is 9.67. The molecule has 0 spiro atoms. The Bertz CT molecular complexity index is 786. The summed E-state index contributed by atoms with van der Waals surface area (Å²) >= 11 is 6.95. The van der Waals surface area contributed by atoms with Gasteiger partial charge in [0.15, 0.2) is 0 Å². The van der Waals surface area contributed by atoms with E-state index < -0.39 is 0 Å². The first-order valence-electron chi connectivity index (χ1n) is 8.29. The van der Waals surface area contributed by atoms with Gasteiger partial charge in [-0.15, -0.1) is 5.10 Å². The molecule has 1 amide bonds. The van der Waals surface area contributed by atoms with Crippen molar-refractivity contribution in [2.24, 2.45) is 5.92 Å². The summed E-state index contributed by atoms with van der Waals surface area (Å²) in [7, 11) is 0. The van der Waals surface area contributed by atoms with Gasteiger partial charge in [0.2, 0.25) is 5.91 Å². The summed E-state index contributed by atoms with van der Waals surface area (Å²) < 4.78 is 9.40. The van der Waals surface area contributed by atoms with Gasteiger partial charge in [0.05, 0.1) is 5.92 Å². The van der Waals surface area contributed by atoms with Crippen LogP contribution in [0, 0.1) is 5.92 Å². The summed E-state index contributed by atoms with van der Waals surface area (Å²) in [6.07, 6.45) is 4.55. The monoisotopic (exact) mass is 391 g/mol. The van der Waals surface area contributed by atoms with E-state index in [1.54, 1.807) is 17.1 Å². The maximum absolute atomic E-state index is 12.3. The van der Waals surface area contributed by atoms with E-state index in [1.165, 1.54) is 0 Å². The molecule has 1 aliphatic heterocycles. The Morgan fingerprint density at radius 3 is 2.65 bits per heavy atom. The topological polar surface area (TPSA) is 72.4 Å². The van der Waals surface area contributed by atoms with E-state index in [9.17, 15) is 9.59 Å². The van der Waals surface area contributed by atoms with Crippen LogP contribution in [0.1, 0.15) is 24.1 Å². The number of ether oxygens (including phenoxy) is 1. The largest absolute Gasteiger partial charge is 0.459 e. The van der Waals surface area contributed by atoms with Crippen LogP contribution in [0.25, 0.3) is 6.08 Å². The molecule has 1 saturated heterocycles. The first kappa shape index (κ1) is 18.5. The Hall–Kier alpha value is -2.25. The number of halogens is 1. The molecule has 0 saturated carbocycles. The van der Waals surface area contributed by atoms with Gasteiger partial charge in [0, 0.05) is 30.7 Å². The van der Waals surface area contributed by atoms with Crippen LogP contribution >= 0.6 is 23.1 Å². The number of hydrogen-bond acceptors (Lipinski definition) is 6. The highest BCUT2D eigenvalue weighted by atomic mass is 35.5. The van der Waals surface area contributed by atoms with Gasteiger partial charge in [0.25, 0.3) is 0 Å². The average Bonchev–Trinajstić information content (AvgIpc) is 3.10. The van der Waals surface area contributed by atoms with Crippen molar-refractivity contribution in [3.8, 4) is 0 Å². The van der Waals surface area contributed by atoms with E-state index in [2.05, 4.69) is 9.59 Å². The fraction of sp³-hybridized carbons (Fsp3) is 0.333. The zero-order valence-electron chi connectivity index (χ0n) is 14.0. The van der Waals surface area contributed by atoms with Crippen molar-refractivity contribution in [2.45, 2.75) is 19.4 Å². The lowest BCUT2D eigenvalue weighted by Gasteiger charge is -2.30. The van der Waals surface area contributed by atoms with Gasteiger partial charge >= 0.3 is 5.97 Å². The summed E-state index contributed by atoms with van der Waals surface area (Å²) in [5.41, 5.74) is 1.46. The second-order valence-electron chi connectivity index (χ2n) is 5.94. The molecule has 1 aliphatic rings. The zero-order valence-corrected chi connectivity index (χ0v) is 15.6. The number of amides is 1. The number of likely N-dealkylation sites (tertiary alicyclic amines) is 1. The average molecular weight is 392 g/mol. The van der Waals surface area contributed by atoms with Gasteiger partial charge in [-0.3, -0.25) is 9.59 Å². The lowest BCUT2D eigenvalue weighted by atomic mass is 9.97. The summed E-state index contributed by atoms with van der Waals surface area (Å²) in [6.45, 7) is 1.11. The van der Waals surface area contributed by atoms with E-state index in [0.29, 0.717) is 36.0 Å². The quantitative estimate of drug-likeness (QED) is 0.578. The third kappa shape index (κ3) is 4.89. The molecule has 2 aromatic rings. The Morgan fingerprint density at radius 1 is 1.27 bits per heavy atom. The lowest BCUT2D eigenvalue weighted by Crippen LogP contribution is -2.39. The summed E-state index contributed by atoms with van der Waals surface area (Å²) in [5.74, 6) is -0.524. The minimum absolute atomic E-state index is 0.0348. The van der Waals surface area contributed by atoms with Gasteiger partial charge in [-0.25, -0.2) is 0 Å². The van der Waals surface area contributed by atoms with Crippen LogP contribution in [0.3, 0.4) is 0 Å². The maximum atomic E-state index is 12.3. The van der Waals surface area contributed by atoms with Gasteiger partial charge in [-0.1, -0.05) is 46.4 Å². The molecule has 0 aliphatic carbocycles. The van der Waals surface area contributed by atoms with E-state index in [-0.39, 0.29) is 24.4 Å². The molecule has 1 aromatic carbocycles. The molecule has 26 heavy (non-hydrogen) atoms. The van der Waals surface area contributed by atoms with Crippen molar-refractivity contribution in [1.82, 2.24) is 14.5 Å². The van der Waals surface area contributed by atoms with Crippen molar-refractivity contribution in [3.63, 3.8) is 0 Å². The van der Waals surface area contributed by atoms with Gasteiger partial charge < -0.3 is 9.64 Å². The number of carbonyl (C=O) groups is 2. The maximum Gasteiger partial charge on any atom is 0.309 e. The minimum Gasteiger partial charge on any atom is -0.459 e. The molecule has 8 heteroatoms. The lowest BCUT2D eigenvalue weighted by molar-refractivity contribution is -0.152. The van der Waals surface area contributed by atoms with Crippen LogP contribution in [0.5, 0.6) is 0 Å². The Morgan fingerprint density at radius 2 is 2.00 bits per heavy atom. The molecule has 1 fully saturated rings. The Labute approximate surface area is 160 Å². The predicted molar refractivity (Wildman–Crippen MR) is 99.5 cm³/mol. The highest BCUT2D eigenvalue weighted by Gasteiger charge is 2.28. The zero-order chi connectivity index (χ0) is 18.4. The fourth-order valence-corrected chi connectivity index (χ4v) is 3.31. The number of benzene rings is 1. The first-order chi connectivity index (χ1) is 12.6. The highest BCUT2D eigenvalue weighted by molar-refractivity contribution is 7.10. The predicted octanol–water partition coefficient (Wildman–Crippen LogP) is 3.19. The van der Waals surface area contributed by atoms with E-state index in [4.69, 9.17) is 16.3 Å².